The second-order valence-electron chi connectivity index (χ2n) is 6.12. The average Bonchev–Trinajstić information content (AvgIpc) is 3.06. The summed E-state index contributed by atoms with van der Waals surface area (Å²) in [5.41, 5.74) is 1.40. The van der Waals surface area contributed by atoms with E-state index in [9.17, 15) is 14.9 Å². The van der Waals surface area contributed by atoms with E-state index in [1.807, 2.05) is 18.2 Å². The van der Waals surface area contributed by atoms with Crippen LogP contribution >= 0.6 is 11.6 Å². The van der Waals surface area contributed by atoms with Gasteiger partial charge in [0, 0.05) is 24.8 Å². The van der Waals surface area contributed by atoms with Gasteiger partial charge in [-0.3, -0.25) is 19.8 Å². The van der Waals surface area contributed by atoms with Gasteiger partial charge in [0.05, 0.1) is 10.8 Å². The normalized spacial score (nSPS) is 17.4. The molecule has 1 heterocycles. The number of likely N-dealkylation sites (tertiary alicyclic amines) is 1. The van der Waals surface area contributed by atoms with Crippen LogP contribution in [0.1, 0.15) is 12.0 Å². The maximum Gasteiger partial charge on any atom is 0.289 e. The minimum Gasteiger partial charge on any atom is -0.326 e. The molecule has 1 amide bonds. The Balaban J connectivity index is 1.59. The number of nitro groups is 1. The first kappa shape index (κ1) is 17.4. The molecule has 1 atom stereocenters. The van der Waals surface area contributed by atoms with Gasteiger partial charge in [-0.1, -0.05) is 41.9 Å². The van der Waals surface area contributed by atoms with E-state index in [0.717, 1.165) is 19.5 Å². The number of nitro benzene ring substituents is 1. The van der Waals surface area contributed by atoms with Gasteiger partial charge in [0.2, 0.25) is 5.91 Å². The maximum absolute atomic E-state index is 12.4. The molecule has 1 aliphatic heterocycles. The van der Waals surface area contributed by atoms with Gasteiger partial charge < -0.3 is 5.32 Å². The van der Waals surface area contributed by atoms with Crippen LogP contribution in [0.2, 0.25) is 5.02 Å². The molecule has 1 aliphatic rings. The predicted octanol–water partition coefficient (Wildman–Crippen LogP) is 3.71. The van der Waals surface area contributed by atoms with E-state index in [-0.39, 0.29) is 22.5 Å². The highest BCUT2D eigenvalue weighted by atomic mass is 35.5. The zero-order valence-electron chi connectivity index (χ0n) is 13.5. The molecule has 6 nitrogen and oxygen atoms in total. The predicted molar refractivity (Wildman–Crippen MR) is 96.6 cm³/mol. The van der Waals surface area contributed by atoms with E-state index in [1.54, 1.807) is 6.07 Å². The minimum absolute atomic E-state index is 0.0536. The van der Waals surface area contributed by atoms with Crippen LogP contribution in [-0.4, -0.2) is 28.8 Å². The molecule has 0 aliphatic carbocycles. The molecule has 0 radical (unpaired) electrons. The first-order valence-corrected chi connectivity index (χ1v) is 8.42. The standard InChI is InChI=1S/C18H18ClN3O3/c19-16-7-6-15(10-17(16)22(24)25)20-18(23)14-8-9-21(12-14)11-13-4-2-1-3-5-13/h1-7,10,14H,8-9,11-12H2,(H,20,23). The van der Waals surface area contributed by atoms with Gasteiger partial charge in [0.1, 0.15) is 5.02 Å². The van der Waals surface area contributed by atoms with Gasteiger partial charge in [-0.2, -0.15) is 0 Å². The molecule has 0 bridgehead atoms. The molecule has 3 rings (SSSR count). The third-order valence-corrected chi connectivity index (χ3v) is 4.62. The van der Waals surface area contributed by atoms with Crippen LogP contribution in [0.25, 0.3) is 0 Å². The molecular weight excluding hydrogens is 342 g/mol. The highest BCUT2D eigenvalue weighted by molar-refractivity contribution is 6.32. The SMILES string of the molecule is O=C(Nc1ccc(Cl)c([N+](=O)[O-])c1)C1CCN(Cc2ccccc2)C1. The summed E-state index contributed by atoms with van der Waals surface area (Å²) in [6.45, 7) is 2.35. The first-order chi connectivity index (χ1) is 12.0. The second kappa shape index (κ2) is 7.63. The fourth-order valence-corrected chi connectivity index (χ4v) is 3.19. The lowest BCUT2D eigenvalue weighted by atomic mass is 10.1. The van der Waals surface area contributed by atoms with Crippen LogP contribution < -0.4 is 5.32 Å². The van der Waals surface area contributed by atoms with Crippen molar-refractivity contribution in [3.8, 4) is 0 Å². The average molecular weight is 360 g/mol. The first-order valence-electron chi connectivity index (χ1n) is 8.04. The number of carbonyl (C=O) groups excluding carboxylic acids is 1. The monoisotopic (exact) mass is 359 g/mol. The fourth-order valence-electron chi connectivity index (χ4n) is 3.01. The summed E-state index contributed by atoms with van der Waals surface area (Å²) in [5.74, 6) is -0.245. The zero-order valence-corrected chi connectivity index (χ0v) is 14.3. The third kappa shape index (κ3) is 4.35. The van der Waals surface area contributed by atoms with Crippen molar-refractivity contribution >= 4 is 28.9 Å². The number of nitrogens with one attached hydrogen (secondary N) is 1. The van der Waals surface area contributed by atoms with Crippen LogP contribution in [0, 0.1) is 16.0 Å². The van der Waals surface area contributed by atoms with Crippen molar-refractivity contribution in [1.82, 2.24) is 4.90 Å². The summed E-state index contributed by atoms with van der Waals surface area (Å²) in [6.07, 6.45) is 0.772. The number of hydrogen-bond donors (Lipinski definition) is 1. The number of halogens is 1. The largest absolute Gasteiger partial charge is 0.326 e. The molecule has 130 valence electrons. The summed E-state index contributed by atoms with van der Waals surface area (Å²) < 4.78 is 0. The lowest BCUT2D eigenvalue weighted by Gasteiger charge is -2.16. The number of nitrogens with zero attached hydrogens (tertiary/aromatic N) is 2. The van der Waals surface area contributed by atoms with Crippen molar-refractivity contribution in [2.75, 3.05) is 18.4 Å². The van der Waals surface area contributed by atoms with Crippen LogP contribution in [0.5, 0.6) is 0 Å². The topological polar surface area (TPSA) is 75.5 Å². The maximum atomic E-state index is 12.4. The molecule has 0 spiro atoms. The minimum atomic E-state index is -0.560. The quantitative estimate of drug-likeness (QED) is 0.652. The van der Waals surface area contributed by atoms with Gasteiger partial charge in [-0.05, 0) is 30.7 Å². The Morgan fingerprint density at radius 3 is 2.76 bits per heavy atom. The molecule has 2 aromatic carbocycles. The van der Waals surface area contributed by atoms with Crippen LogP contribution in [-0.2, 0) is 11.3 Å². The Morgan fingerprint density at radius 2 is 2.04 bits per heavy atom. The fraction of sp³-hybridized carbons (Fsp3) is 0.278. The van der Waals surface area contributed by atoms with E-state index in [2.05, 4.69) is 22.3 Å². The van der Waals surface area contributed by atoms with E-state index in [1.165, 1.54) is 17.7 Å². The molecular formula is C18H18ClN3O3. The molecule has 1 fully saturated rings. The number of anilines is 1. The molecule has 1 unspecified atom stereocenters. The number of hydrogen-bond acceptors (Lipinski definition) is 4. The molecule has 2 aromatic rings. The summed E-state index contributed by atoms with van der Waals surface area (Å²) in [4.78, 5) is 25.1. The highest BCUT2D eigenvalue weighted by Gasteiger charge is 2.28. The Morgan fingerprint density at radius 1 is 1.28 bits per heavy atom. The molecule has 1 N–H and O–H groups in total. The van der Waals surface area contributed by atoms with Gasteiger partial charge >= 0.3 is 0 Å². The summed E-state index contributed by atoms with van der Waals surface area (Å²) in [5, 5.41) is 13.7. The second-order valence-corrected chi connectivity index (χ2v) is 6.53. The smallest absolute Gasteiger partial charge is 0.289 e. The Hall–Kier alpha value is -2.44. The van der Waals surface area contributed by atoms with Crippen molar-refractivity contribution in [3.05, 3.63) is 69.2 Å². The Labute approximate surface area is 150 Å². The number of benzene rings is 2. The molecule has 0 aromatic heterocycles. The van der Waals surface area contributed by atoms with Crippen LogP contribution in [0.3, 0.4) is 0 Å². The van der Waals surface area contributed by atoms with E-state index in [4.69, 9.17) is 11.6 Å². The van der Waals surface area contributed by atoms with Gasteiger partial charge in [0.25, 0.3) is 5.69 Å². The summed E-state index contributed by atoms with van der Waals surface area (Å²) in [6, 6.07) is 14.4. The number of rotatable bonds is 5. The van der Waals surface area contributed by atoms with Crippen molar-refractivity contribution in [2.24, 2.45) is 5.92 Å². The number of carbonyl (C=O) groups is 1. The van der Waals surface area contributed by atoms with E-state index < -0.39 is 4.92 Å². The highest BCUT2D eigenvalue weighted by Crippen LogP contribution is 2.28. The molecule has 7 heteroatoms. The Kier molecular flexibility index (Phi) is 5.31. The van der Waals surface area contributed by atoms with Crippen molar-refractivity contribution in [1.29, 1.82) is 0 Å². The van der Waals surface area contributed by atoms with Gasteiger partial charge in [-0.15, -0.1) is 0 Å². The molecule has 0 saturated carbocycles. The van der Waals surface area contributed by atoms with Crippen LogP contribution in [0.15, 0.2) is 48.5 Å². The van der Waals surface area contributed by atoms with Gasteiger partial charge in [0.15, 0.2) is 0 Å². The van der Waals surface area contributed by atoms with Crippen molar-refractivity contribution in [2.45, 2.75) is 13.0 Å². The zero-order chi connectivity index (χ0) is 17.8. The van der Waals surface area contributed by atoms with Crippen molar-refractivity contribution < 1.29 is 9.72 Å². The lowest BCUT2D eigenvalue weighted by molar-refractivity contribution is -0.384. The number of amides is 1. The Bertz CT molecular complexity index is 782. The summed E-state index contributed by atoms with van der Waals surface area (Å²) >= 11 is 5.79. The molecule has 25 heavy (non-hydrogen) atoms. The van der Waals surface area contributed by atoms with E-state index >= 15 is 0 Å². The van der Waals surface area contributed by atoms with Crippen molar-refractivity contribution in [3.63, 3.8) is 0 Å². The van der Waals surface area contributed by atoms with Crippen LogP contribution in [0.4, 0.5) is 11.4 Å². The lowest BCUT2D eigenvalue weighted by Crippen LogP contribution is -2.27. The van der Waals surface area contributed by atoms with Gasteiger partial charge in [-0.25, -0.2) is 0 Å². The summed E-state index contributed by atoms with van der Waals surface area (Å²) in [7, 11) is 0. The molecule has 1 saturated heterocycles. The van der Waals surface area contributed by atoms with E-state index in [0.29, 0.717) is 12.2 Å². The third-order valence-electron chi connectivity index (χ3n) is 4.30.